The number of hydrogen-bond acceptors (Lipinski definition) is 3. The Balaban J connectivity index is 1.87. The normalized spacial score (nSPS) is 28.7. The van der Waals surface area contributed by atoms with Crippen LogP contribution in [0.3, 0.4) is 0 Å². The number of amides is 1. The zero-order valence-electron chi connectivity index (χ0n) is 10.1. The summed E-state index contributed by atoms with van der Waals surface area (Å²) in [6, 6.07) is 2.96. The van der Waals surface area contributed by atoms with Crippen LogP contribution in [0.2, 0.25) is 5.02 Å². The second-order valence-corrected chi connectivity index (χ2v) is 5.49. The van der Waals surface area contributed by atoms with Crippen molar-refractivity contribution in [3.8, 4) is 0 Å². The summed E-state index contributed by atoms with van der Waals surface area (Å²) >= 11 is 5.86. The molecule has 2 fully saturated rings. The second-order valence-electron chi connectivity index (χ2n) is 5.05. The van der Waals surface area contributed by atoms with Crippen LogP contribution in [-0.4, -0.2) is 39.0 Å². The first-order valence-electron chi connectivity index (χ1n) is 6.25. The highest BCUT2D eigenvalue weighted by atomic mass is 35.5. The van der Waals surface area contributed by atoms with Gasteiger partial charge in [-0.15, -0.1) is 0 Å². The molecule has 0 aliphatic carbocycles. The SMILES string of the molecule is O=C(O)C1CC2CCC1N2C(=O)c1cc(Cl)ccn1. The van der Waals surface area contributed by atoms with E-state index < -0.39 is 11.9 Å². The standard InChI is InChI=1S/C13H13ClN2O3/c14-7-3-4-15-10(5-7)12(17)16-8-1-2-11(16)9(6-8)13(18)19/h3-5,8-9,11H,1-2,6H2,(H,18,19). The van der Waals surface area contributed by atoms with Gasteiger partial charge in [0.2, 0.25) is 0 Å². The number of fused-ring (bicyclic) bond motifs is 2. The number of carboxylic acid groups (broad SMARTS) is 1. The molecule has 100 valence electrons. The van der Waals surface area contributed by atoms with Gasteiger partial charge in [0.25, 0.3) is 5.91 Å². The Morgan fingerprint density at radius 2 is 2.21 bits per heavy atom. The van der Waals surface area contributed by atoms with Crippen molar-refractivity contribution in [1.82, 2.24) is 9.88 Å². The van der Waals surface area contributed by atoms with Crippen LogP contribution in [-0.2, 0) is 4.79 Å². The van der Waals surface area contributed by atoms with Crippen molar-refractivity contribution in [2.24, 2.45) is 5.92 Å². The van der Waals surface area contributed by atoms with E-state index in [2.05, 4.69) is 4.98 Å². The number of halogens is 1. The smallest absolute Gasteiger partial charge is 0.308 e. The highest BCUT2D eigenvalue weighted by Crippen LogP contribution is 2.42. The minimum Gasteiger partial charge on any atom is -0.481 e. The molecular formula is C13H13ClN2O3. The average molecular weight is 281 g/mol. The van der Waals surface area contributed by atoms with Crippen LogP contribution in [0, 0.1) is 5.92 Å². The molecule has 0 spiro atoms. The number of rotatable bonds is 2. The monoisotopic (exact) mass is 280 g/mol. The van der Waals surface area contributed by atoms with E-state index in [4.69, 9.17) is 11.6 Å². The summed E-state index contributed by atoms with van der Waals surface area (Å²) < 4.78 is 0. The average Bonchev–Trinajstić information content (AvgIpc) is 2.95. The van der Waals surface area contributed by atoms with E-state index in [1.165, 1.54) is 12.3 Å². The van der Waals surface area contributed by atoms with Gasteiger partial charge in [0.15, 0.2) is 0 Å². The van der Waals surface area contributed by atoms with E-state index in [1.807, 2.05) is 0 Å². The fourth-order valence-electron chi connectivity index (χ4n) is 3.22. The van der Waals surface area contributed by atoms with E-state index in [9.17, 15) is 14.7 Å². The molecule has 0 radical (unpaired) electrons. The maximum atomic E-state index is 12.4. The van der Waals surface area contributed by atoms with Gasteiger partial charge in [-0.25, -0.2) is 0 Å². The predicted octanol–water partition coefficient (Wildman–Crippen LogP) is 1.81. The Bertz CT molecular complexity index is 548. The molecule has 2 bridgehead atoms. The molecule has 1 aromatic heterocycles. The lowest BCUT2D eigenvalue weighted by molar-refractivity contribution is -0.142. The third-order valence-electron chi connectivity index (χ3n) is 4.03. The van der Waals surface area contributed by atoms with Crippen molar-refractivity contribution >= 4 is 23.5 Å². The van der Waals surface area contributed by atoms with E-state index in [-0.39, 0.29) is 23.7 Å². The van der Waals surface area contributed by atoms with Crippen LogP contribution >= 0.6 is 11.6 Å². The Labute approximate surface area is 115 Å². The molecule has 1 amide bonds. The molecule has 0 aromatic carbocycles. The lowest BCUT2D eigenvalue weighted by atomic mass is 9.89. The van der Waals surface area contributed by atoms with Gasteiger partial charge in [-0.3, -0.25) is 14.6 Å². The summed E-state index contributed by atoms with van der Waals surface area (Å²) in [5.74, 6) is -1.47. The third kappa shape index (κ3) is 1.98. The molecule has 5 nitrogen and oxygen atoms in total. The van der Waals surface area contributed by atoms with E-state index >= 15 is 0 Å². The molecule has 2 saturated heterocycles. The Morgan fingerprint density at radius 3 is 2.84 bits per heavy atom. The number of carbonyl (C=O) groups is 2. The largest absolute Gasteiger partial charge is 0.481 e. The molecule has 3 unspecified atom stereocenters. The van der Waals surface area contributed by atoms with E-state index in [0.717, 1.165) is 12.8 Å². The molecule has 1 aromatic rings. The summed E-state index contributed by atoms with van der Waals surface area (Å²) in [6.07, 6.45) is 3.67. The Hall–Kier alpha value is -1.62. The lowest BCUT2D eigenvalue weighted by Crippen LogP contribution is -2.38. The summed E-state index contributed by atoms with van der Waals surface area (Å²) in [7, 11) is 0. The van der Waals surface area contributed by atoms with Gasteiger partial charge in [0.1, 0.15) is 5.69 Å². The molecule has 3 atom stereocenters. The lowest BCUT2D eigenvalue weighted by Gasteiger charge is -2.22. The molecule has 1 N–H and O–H groups in total. The van der Waals surface area contributed by atoms with Crippen LogP contribution in [0.4, 0.5) is 0 Å². The first-order valence-corrected chi connectivity index (χ1v) is 6.62. The van der Waals surface area contributed by atoms with Crippen molar-refractivity contribution < 1.29 is 14.7 Å². The molecule has 19 heavy (non-hydrogen) atoms. The maximum Gasteiger partial charge on any atom is 0.308 e. The number of nitrogens with zero attached hydrogens (tertiary/aromatic N) is 2. The van der Waals surface area contributed by atoms with Gasteiger partial charge < -0.3 is 10.0 Å². The first-order chi connectivity index (χ1) is 9.08. The van der Waals surface area contributed by atoms with E-state index in [1.54, 1.807) is 11.0 Å². The van der Waals surface area contributed by atoms with Gasteiger partial charge >= 0.3 is 5.97 Å². The summed E-state index contributed by atoms with van der Waals surface area (Å²) in [6.45, 7) is 0. The number of aromatic nitrogens is 1. The summed E-state index contributed by atoms with van der Waals surface area (Å²) in [5.41, 5.74) is 0.287. The molecule has 3 rings (SSSR count). The van der Waals surface area contributed by atoms with Crippen molar-refractivity contribution in [1.29, 1.82) is 0 Å². The van der Waals surface area contributed by atoms with Gasteiger partial charge in [-0.2, -0.15) is 0 Å². The molecule has 2 aliphatic rings. The number of aliphatic carboxylic acids is 1. The van der Waals surface area contributed by atoms with Crippen LogP contribution < -0.4 is 0 Å². The molecule has 6 heteroatoms. The third-order valence-corrected chi connectivity index (χ3v) is 4.26. The van der Waals surface area contributed by atoms with Gasteiger partial charge in [0, 0.05) is 23.3 Å². The quantitative estimate of drug-likeness (QED) is 0.897. The first kappa shape index (κ1) is 12.4. The van der Waals surface area contributed by atoms with Crippen LogP contribution in [0.5, 0.6) is 0 Å². The van der Waals surface area contributed by atoms with Crippen molar-refractivity contribution in [3.63, 3.8) is 0 Å². The van der Waals surface area contributed by atoms with E-state index in [0.29, 0.717) is 11.4 Å². The molecular weight excluding hydrogens is 268 g/mol. The Kier molecular flexibility index (Phi) is 2.93. The van der Waals surface area contributed by atoms with Crippen molar-refractivity contribution in [2.75, 3.05) is 0 Å². The number of carbonyl (C=O) groups excluding carboxylic acids is 1. The number of pyridine rings is 1. The highest BCUT2D eigenvalue weighted by molar-refractivity contribution is 6.30. The van der Waals surface area contributed by atoms with Crippen LogP contribution in [0.25, 0.3) is 0 Å². The minimum atomic E-state index is -0.816. The number of hydrogen-bond donors (Lipinski definition) is 1. The highest BCUT2D eigenvalue weighted by Gasteiger charge is 2.51. The van der Waals surface area contributed by atoms with Gasteiger partial charge in [0.05, 0.1) is 5.92 Å². The zero-order chi connectivity index (χ0) is 13.6. The van der Waals surface area contributed by atoms with Crippen LogP contribution in [0.1, 0.15) is 29.8 Å². The van der Waals surface area contributed by atoms with Gasteiger partial charge in [-0.05, 0) is 31.4 Å². The van der Waals surface area contributed by atoms with Gasteiger partial charge in [-0.1, -0.05) is 11.6 Å². The fourth-order valence-corrected chi connectivity index (χ4v) is 3.38. The number of carboxylic acids is 1. The van der Waals surface area contributed by atoms with Crippen molar-refractivity contribution in [2.45, 2.75) is 31.3 Å². The maximum absolute atomic E-state index is 12.4. The van der Waals surface area contributed by atoms with Crippen LogP contribution in [0.15, 0.2) is 18.3 Å². The molecule has 3 heterocycles. The predicted molar refractivity (Wildman–Crippen MR) is 68.0 cm³/mol. The molecule has 0 saturated carbocycles. The minimum absolute atomic E-state index is 0.0272. The molecule has 2 aliphatic heterocycles. The topological polar surface area (TPSA) is 70.5 Å². The summed E-state index contributed by atoms with van der Waals surface area (Å²) in [5, 5.41) is 9.63. The Morgan fingerprint density at radius 1 is 1.42 bits per heavy atom. The zero-order valence-corrected chi connectivity index (χ0v) is 10.9. The fraction of sp³-hybridized carbons (Fsp3) is 0.462. The second kappa shape index (κ2) is 4.49. The van der Waals surface area contributed by atoms with Crippen molar-refractivity contribution in [3.05, 3.63) is 29.0 Å². The summed E-state index contributed by atoms with van der Waals surface area (Å²) in [4.78, 5) is 29.3.